The lowest BCUT2D eigenvalue weighted by Gasteiger charge is -2.30. The number of benzene rings is 21. The zero-order valence-electron chi connectivity index (χ0n) is 82.4. The van der Waals surface area contributed by atoms with Crippen LogP contribution in [0.15, 0.2) is 504 Å². The van der Waals surface area contributed by atoms with Crippen LogP contribution >= 0.6 is 0 Å². The topological polar surface area (TPSA) is 116 Å². The summed E-state index contributed by atoms with van der Waals surface area (Å²) < 4.78 is 0. The number of para-hydroxylation sites is 1. The molecule has 0 saturated carbocycles. The molecule has 0 fully saturated rings. The van der Waals surface area contributed by atoms with E-state index in [2.05, 4.69) is 506 Å². The van der Waals surface area contributed by atoms with E-state index in [4.69, 9.17) is 39.9 Å². The Hall–Kier alpha value is -19.1. The third-order valence-corrected chi connectivity index (χ3v) is 30.8. The molecule has 4 aliphatic rings. The summed E-state index contributed by atoms with van der Waals surface area (Å²) in [6.07, 6.45) is 1.84. The molecule has 0 N–H and O–H groups in total. The van der Waals surface area contributed by atoms with E-state index in [9.17, 15) is 0 Å². The molecule has 0 bridgehead atoms. The van der Waals surface area contributed by atoms with Gasteiger partial charge in [0.1, 0.15) is 0 Å². The van der Waals surface area contributed by atoms with E-state index < -0.39 is 5.41 Å². The number of nitrogens with zero attached hydrogens (tertiary/aromatic N) is 9. The number of hydrogen-bond acceptors (Lipinski definition) is 9. The maximum absolute atomic E-state index is 5.34. The van der Waals surface area contributed by atoms with Gasteiger partial charge in [0.15, 0.2) is 40.8 Å². The average Bonchev–Trinajstić information content (AvgIpc) is 1.50. The first-order valence-corrected chi connectivity index (χ1v) is 51.0. The van der Waals surface area contributed by atoms with Gasteiger partial charge in [-0.3, -0.25) is 4.98 Å². The van der Waals surface area contributed by atoms with Gasteiger partial charge in [-0.2, -0.15) is 0 Å². The van der Waals surface area contributed by atoms with Gasteiger partial charge < -0.3 is 0 Å². The van der Waals surface area contributed by atoms with Crippen LogP contribution in [-0.4, -0.2) is 44.9 Å². The Morgan fingerprint density at radius 3 is 0.832 bits per heavy atom. The summed E-state index contributed by atoms with van der Waals surface area (Å²) in [7, 11) is 0. The lowest BCUT2D eigenvalue weighted by Crippen LogP contribution is -2.25. The van der Waals surface area contributed by atoms with Gasteiger partial charge in [0, 0.05) is 78.0 Å². The zero-order chi connectivity index (χ0) is 99.4. The van der Waals surface area contributed by atoms with Crippen molar-refractivity contribution in [3.63, 3.8) is 0 Å². The molecule has 1 spiro atoms. The molecule has 4 aliphatic carbocycles. The van der Waals surface area contributed by atoms with E-state index >= 15 is 0 Å². The summed E-state index contributed by atoms with van der Waals surface area (Å²) in [5.74, 6) is 4.61. The number of pyridine rings is 1. The van der Waals surface area contributed by atoms with Crippen LogP contribution in [0.25, 0.3) is 234 Å². The lowest BCUT2D eigenvalue weighted by atomic mass is 9.70. The Morgan fingerprint density at radius 1 is 0.141 bits per heavy atom. The summed E-state index contributed by atoms with van der Waals surface area (Å²) in [5.41, 5.74) is 41.8. The minimum atomic E-state index is -0.417. The number of fused-ring (bicyclic) bond motifs is 20. The number of hydrogen-bond donors (Lipinski definition) is 0. The quantitative estimate of drug-likeness (QED) is 0.111. The van der Waals surface area contributed by atoms with Crippen molar-refractivity contribution >= 4 is 43.2 Å². The smallest absolute Gasteiger partial charge is 0.164 e. The first kappa shape index (κ1) is 88.8. The summed E-state index contributed by atoms with van der Waals surface area (Å²) in [6.45, 7) is 9.31. The van der Waals surface area contributed by atoms with Gasteiger partial charge in [-0.1, -0.05) is 477 Å². The van der Waals surface area contributed by atoms with Crippen molar-refractivity contribution in [3.05, 3.63) is 548 Å². The Balaban J connectivity index is 0.000000111. The molecule has 21 aromatic carbocycles. The molecular weight excluding hydrogens is 1810 g/mol. The molecule has 149 heavy (non-hydrogen) atoms. The Morgan fingerprint density at radius 2 is 0.403 bits per heavy atom. The fraction of sp³-hybridized carbons (Fsp3) is 0.0500. The summed E-state index contributed by atoms with van der Waals surface area (Å²) >= 11 is 0. The number of rotatable bonds is 13. The van der Waals surface area contributed by atoms with Gasteiger partial charge >= 0.3 is 0 Å². The van der Waals surface area contributed by atoms with Crippen LogP contribution in [-0.2, 0) is 16.2 Å². The molecule has 0 radical (unpaired) electrons. The first-order chi connectivity index (χ1) is 73.3. The fourth-order valence-corrected chi connectivity index (χ4v) is 23.2. The van der Waals surface area contributed by atoms with Gasteiger partial charge in [0.25, 0.3) is 0 Å². The number of aromatic nitrogens is 9. The van der Waals surface area contributed by atoms with Crippen molar-refractivity contribution < 1.29 is 0 Å². The fourth-order valence-electron chi connectivity index (χ4n) is 23.2. The van der Waals surface area contributed by atoms with E-state index in [1.54, 1.807) is 0 Å². The molecule has 0 saturated heterocycles. The zero-order valence-corrected chi connectivity index (χ0v) is 82.4. The minimum Gasteiger partial charge on any atom is -0.256 e. The standard InChI is InChI=1S/C51H39N3.C51H32N2.C38H24N4/c1-50(2)43-16-10-8-14-39(43)41-28-26-37(30-45(41)50)32-18-22-35(23-19-32)48-52-47(34-12-6-5-7-13-34)53-49(54-48)36-24-20-33(21-25-36)38-27-29-42-40-15-9-11-17-44(40)51(3,4)46(42)31-38;1-2-12-33(13-3-1)35-22-25-36(26-23-35)48-32-49(53-50(52-48)39-27-24-34-14-4-5-15-37(34)30-39)38-28-29-43-42-18-8-11-21-46(42)51(47(43)31-38)44-19-9-6-16-40(44)41-17-7-10-20-45(41)51;1-3-9-30-23-32(20-14-25(30)7-1)37-40-36(41-38(42-37)33-21-15-26-8-2-4-10-31(26)24-33)29-18-16-27(17-19-29)34-13-5-11-28-12-6-22-39-35(28)34/h5-31H,1-4H3;1-32H;1-24H. The molecule has 0 unspecified atom stereocenters. The maximum Gasteiger partial charge on any atom is 0.164 e. The maximum atomic E-state index is 5.34. The van der Waals surface area contributed by atoms with Crippen molar-refractivity contribution in [2.75, 3.05) is 0 Å². The van der Waals surface area contributed by atoms with Crippen molar-refractivity contribution in [2.45, 2.75) is 43.9 Å². The largest absolute Gasteiger partial charge is 0.256 e. The predicted molar refractivity (Wildman–Crippen MR) is 612 cm³/mol. The highest BCUT2D eigenvalue weighted by molar-refractivity contribution is 5.99. The van der Waals surface area contributed by atoms with E-state index in [1.165, 1.54) is 144 Å². The monoisotopic (exact) mass is 1900 g/mol. The first-order valence-electron chi connectivity index (χ1n) is 51.0. The van der Waals surface area contributed by atoms with E-state index in [0.717, 1.165) is 94.3 Å². The van der Waals surface area contributed by atoms with Crippen LogP contribution in [0, 0.1) is 0 Å². The van der Waals surface area contributed by atoms with Crippen molar-refractivity contribution in [1.29, 1.82) is 0 Å². The van der Waals surface area contributed by atoms with Crippen molar-refractivity contribution in [3.8, 4) is 191 Å². The molecule has 0 atom stereocenters. The highest BCUT2D eigenvalue weighted by atomic mass is 15.0. The Bertz CT molecular complexity index is 9300. The second-order valence-corrected chi connectivity index (χ2v) is 40.2. The lowest BCUT2D eigenvalue weighted by molar-refractivity contribution is 0.660. The molecule has 9 nitrogen and oxygen atoms in total. The van der Waals surface area contributed by atoms with Gasteiger partial charge in [-0.15, -0.1) is 0 Å². The molecule has 25 aromatic rings. The molecule has 9 heteroatoms. The minimum absolute atomic E-state index is 0.0418. The normalized spacial score (nSPS) is 13.0. The summed E-state index contributed by atoms with van der Waals surface area (Å²) in [6, 6.07) is 177. The molecule has 4 aromatic heterocycles. The van der Waals surface area contributed by atoms with E-state index in [0.29, 0.717) is 40.8 Å². The highest BCUT2D eigenvalue weighted by Crippen LogP contribution is 2.64. The average molecular weight is 1900 g/mol. The Kier molecular flexibility index (Phi) is 21.7. The van der Waals surface area contributed by atoms with Crippen molar-refractivity contribution in [1.82, 2.24) is 44.9 Å². The summed E-state index contributed by atoms with van der Waals surface area (Å²) in [4.78, 5) is 45.2. The molecule has 700 valence electrons. The molecule has 0 amide bonds. The van der Waals surface area contributed by atoms with Crippen LogP contribution in [0.1, 0.15) is 72.2 Å². The second kappa shape index (κ2) is 36.3. The van der Waals surface area contributed by atoms with E-state index in [-0.39, 0.29) is 10.8 Å². The molecule has 29 rings (SSSR count). The SMILES string of the molecule is CC1(C)c2ccccc2-c2ccc(-c3ccc(-c4nc(-c5ccccc5)nc(-c5ccc(-c6ccc7c(c6)C(C)(C)c6ccccc6-7)cc5)n4)cc3)cc21.c1ccc(-c2ccc(-c3cc(-c4ccc5c(c4)C4(c6ccccc6-c6ccccc64)c4ccccc4-5)nc(-c4ccc5ccccc5c4)n3)cc2)cc1.c1ccc2cc(-c3nc(-c4ccc(-c5cccc6cccnc56)cc4)nc(-c4ccc5ccccc5c4)n3)ccc2c1. The van der Waals surface area contributed by atoms with Gasteiger partial charge in [-0.05, 0) is 209 Å². The van der Waals surface area contributed by atoms with Crippen LogP contribution < -0.4 is 0 Å². The third kappa shape index (κ3) is 15.7. The van der Waals surface area contributed by atoms with Gasteiger partial charge in [0.2, 0.25) is 0 Å². The highest BCUT2D eigenvalue weighted by Gasteiger charge is 2.52. The van der Waals surface area contributed by atoms with Crippen LogP contribution in [0.2, 0.25) is 0 Å². The van der Waals surface area contributed by atoms with E-state index in [1.807, 2.05) is 30.5 Å². The molecule has 0 aliphatic heterocycles. The van der Waals surface area contributed by atoms with Crippen LogP contribution in [0.5, 0.6) is 0 Å². The second-order valence-electron chi connectivity index (χ2n) is 40.2. The summed E-state index contributed by atoms with van der Waals surface area (Å²) in [5, 5.41) is 8.16. The van der Waals surface area contributed by atoms with Gasteiger partial charge in [-0.25, -0.2) is 39.9 Å². The predicted octanol–water partition coefficient (Wildman–Crippen LogP) is 34.9. The Labute approximate surface area is 865 Å². The van der Waals surface area contributed by atoms with Gasteiger partial charge in [0.05, 0.1) is 22.3 Å². The molecular formula is C140H95N9. The third-order valence-electron chi connectivity index (χ3n) is 30.8. The van der Waals surface area contributed by atoms with Crippen LogP contribution in [0.4, 0.5) is 0 Å². The van der Waals surface area contributed by atoms with Crippen LogP contribution in [0.3, 0.4) is 0 Å². The molecule has 4 heterocycles. The van der Waals surface area contributed by atoms with Crippen molar-refractivity contribution in [2.24, 2.45) is 0 Å².